The van der Waals surface area contributed by atoms with Gasteiger partial charge in [0, 0.05) is 44.2 Å². The molecule has 3 aliphatic rings. The van der Waals surface area contributed by atoms with Crippen molar-refractivity contribution < 1.29 is 29.0 Å². The van der Waals surface area contributed by atoms with E-state index in [1.807, 2.05) is 24.3 Å². The molecule has 1 spiro atoms. The van der Waals surface area contributed by atoms with Gasteiger partial charge in [-0.2, -0.15) is 0 Å². The largest absolute Gasteiger partial charge is 0.465 e. The molecule has 9 heteroatoms. The van der Waals surface area contributed by atoms with E-state index in [9.17, 15) is 19.5 Å². The second kappa shape index (κ2) is 15.0. The zero-order valence-electron chi connectivity index (χ0n) is 25.9. The van der Waals surface area contributed by atoms with Crippen molar-refractivity contribution in [1.29, 1.82) is 0 Å². The minimum absolute atomic E-state index is 0.129. The van der Waals surface area contributed by atoms with Gasteiger partial charge in [0.1, 0.15) is 11.6 Å². The minimum Gasteiger partial charge on any atom is -0.465 e. The maximum Gasteiger partial charge on any atom is 0.312 e. The topological polar surface area (TPSA) is 99.6 Å². The molecule has 0 radical (unpaired) electrons. The van der Waals surface area contributed by atoms with Crippen LogP contribution in [0.1, 0.15) is 65.2 Å². The Hall–Kier alpha value is -3.17. The molecular formula is C34H49N3O6. The molecule has 9 nitrogen and oxygen atoms in total. The smallest absolute Gasteiger partial charge is 0.312 e. The minimum atomic E-state index is -1.07. The summed E-state index contributed by atoms with van der Waals surface area (Å²) in [6.45, 7) is 14.6. The first-order chi connectivity index (χ1) is 20.9. The van der Waals surface area contributed by atoms with E-state index in [1.165, 1.54) is 0 Å². The Morgan fingerprint density at radius 1 is 1.07 bits per heavy atom. The number of unbranched alkanes of at least 4 members (excludes halogenated alkanes) is 4. The lowest BCUT2D eigenvalue weighted by Crippen LogP contribution is -2.56. The Balaban J connectivity index is 1.65. The van der Waals surface area contributed by atoms with Crippen molar-refractivity contribution in [3.63, 3.8) is 0 Å². The van der Waals surface area contributed by atoms with E-state index in [2.05, 4.69) is 31.9 Å². The van der Waals surface area contributed by atoms with Gasteiger partial charge in [0.2, 0.25) is 5.91 Å². The Morgan fingerprint density at radius 2 is 1.77 bits per heavy atom. The molecule has 3 heterocycles. The van der Waals surface area contributed by atoms with Gasteiger partial charge < -0.3 is 29.3 Å². The van der Waals surface area contributed by atoms with Crippen LogP contribution < -0.4 is 9.80 Å². The summed E-state index contributed by atoms with van der Waals surface area (Å²) in [6.07, 6.45) is 8.63. The molecular weight excluding hydrogens is 546 g/mol. The molecule has 2 amide bonds. The van der Waals surface area contributed by atoms with Gasteiger partial charge in [-0.25, -0.2) is 0 Å². The fraction of sp³-hybridized carbons (Fsp3) is 0.618. The zero-order chi connectivity index (χ0) is 31.0. The molecule has 0 aromatic heterocycles. The number of hydrogen-bond donors (Lipinski definition) is 1. The van der Waals surface area contributed by atoms with E-state index in [0.29, 0.717) is 38.6 Å². The molecule has 1 N–H and O–H groups in total. The van der Waals surface area contributed by atoms with Crippen molar-refractivity contribution in [3.8, 4) is 0 Å². The van der Waals surface area contributed by atoms with Crippen molar-refractivity contribution in [1.82, 2.24) is 4.90 Å². The molecule has 43 heavy (non-hydrogen) atoms. The van der Waals surface area contributed by atoms with Crippen molar-refractivity contribution >= 4 is 29.2 Å². The summed E-state index contributed by atoms with van der Waals surface area (Å²) < 4.78 is 12.2. The standard InChI is InChI=1S/C34H49N3O6/c1-5-9-14-24-42-33(41)28-27-19-20-34(43-27)29(28)31(39)37(22-12-10-11-13-23-38)30(34)32(40)36(21-6-2)26-17-15-25(16-18-26)35(7-3)8-4/h5-6,15-18,27-30,38H,1-2,7-14,19-24H2,3-4H3/t27-,28+,29+,30?,34?/m1/s1. The van der Waals surface area contributed by atoms with E-state index in [0.717, 1.165) is 43.7 Å². The molecule has 3 saturated heterocycles. The first-order valence-electron chi connectivity index (χ1n) is 16.0. The Bertz CT molecular complexity index is 1140. The van der Waals surface area contributed by atoms with Crippen LogP contribution in [0.25, 0.3) is 0 Å². The fourth-order valence-corrected chi connectivity index (χ4v) is 7.22. The third-order valence-corrected chi connectivity index (χ3v) is 9.28. The predicted molar refractivity (Wildman–Crippen MR) is 168 cm³/mol. The molecule has 236 valence electrons. The van der Waals surface area contributed by atoms with Crippen LogP contribution >= 0.6 is 0 Å². The number of carbonyl (C=O) groups is 3. The summed E-state index contributed by atoms with van der Waals surface area (Å²) in [6, 6.07) is 7.06. The van der Waals surface area contributed by atoms with Gasteiger partial charge in [0.15, 0.2) is 0 Å². The summed E-state index contributed by atoms with van der Waals surface area (Å²) >= 11 is 0. The van der Waals surface area contributed by atoms with Crippen LogP contribution in [0.3, 0.4) is 0 Å². The molecule has 2 bridgehead atoms. The number of hydrogen-bond acceptors (Lipinski definition) is 7. The first kappa shape index (κ1) is 32.7. The van der Waals surface area contributed by atoms with Gasteiger partial charge in [-0.15, -0.1) is 13.2 Å². The highest BCUT2D eigenvalue weighted by molar-refractivity contribution is 6.04. The maximum atomic E-state index is 14.6. The average Bonchev–Trinajstić information content (AvgIpc) is 3.66. The number of carbonyl (C=O) groups excluding carboxylic acids is 3. The molecule has 0 aliphatic carbocycles. The van der Waals surface area contributed by atoms with Crippen molar-refractivity contribution in [2.24, 2.45) is 11.8 Å². The SMILES string of the molecule is C=CCCCOC(=O)[C@@H]1[C@H]2C(=O)N(CCCCCCO)C(C(=O)N(CC=C)c3ccc(N(CC)CC)cc3)C23CC[C@H]1O3. The van der Waals surface area contributed by atoms with E-state index in [1.54, 1.807) is 22.0 Å². The van der Waals surface area contributed by atoms with Crippen molar-refractivity contribution in [3.05, 3.63) is 49.6 Å². The lowest BCUT2D eigenvalue weighted by molar-refractivity contribution is -0.155. The average molecular weight is 596 g/mol. The summed E-state index contributed by atoms with van der Waals surface area (Å²) in [7, 11) is 0. The van der Waals surface area contributed by atoms with Crippen LogP contribution in [0, 0.1) is 11.8 Å². The van der Waals surface area contributed by atoms with Crippen LogP contribution in [0.15, 0.2) is 49.6 Å². The predicted octanol–water partition coefficient (Wildman–Crippen LogP) is 4.49. The van der Waals surface area contributed by atoms with E-state index < -0.39 is 35.6 Å². The number of fused-ring (bicyclic) bond motifs is 1. The lowest BCUT2D eigenvalue weighted by atomic mass is 9.70. The van der Waals surface area contributed by atoms with Gasteiger partial charge in [-0.3, -0.25) is 14.4 Å². The van der Waals surface area contributed by atoms with Gasteiger partial charge in [0.25, 0.3) is 5.91 Å². The van der Waals surface area contributed by atoms with Crippen molar-refractivity contribution in [2.75, 3.05) is 49.2 Å². The summed E-state index contributed by atoms with van der Waals surface area (Å²) in [5.74, 6) is -2.31. The highest BCUT2D eigenvalue weighted by Gasteiger charge is 2.75. The normalized spacial score (nSPS) is 25.5. The second-order valence-electron chi connectivity index (χ2n) is 11.7. The van der Waals surface area contributed by atoms with Crippen LogP contribution in [-0.2, 0) is 23.9 Å². The van der Waals surface area contributed by atoms with E-state index in [-0.39, 0.29) is 31.6 Å². The highest BCUT2D eigenvalue weighted by Crippen LogP contribution is 2.59. The molecule has 4 rings (SSSR count). The van der Waals surface area contributed by atoms with Crippen LogP contribution in [0.2, 0.25) is 0 Å². The number of esters is 1. The lowest BCUT2D eigenvalue weighted by Gasteiger charge is -2.37. The first-order valence-corrected chi connectivity index (χ1v) is 16.0. The highest BCUT2D eigenvalue weighted by atomic mass is 16.6. The molecule has 2 unspecified atom stereocenters. The summed E-state index contributed by atoms with van der Waals surface area (Å²) in [4.78, 5) is 47.8. The number of amides is 2. The number of rotatable bonds is 18. The van der Waals surface area contributed by atoms with Gasteiger partial charge in [-0.1, -0.05) is 25.0 Å². The third kappa shape index (κ3) is 6.53. The fourth-order valence-electron chi connectivity index (χ4n) is 7.22. The number of anilines is 2. The van der Waals surface area contributed by atoms with Gasteiger partial charge in [0.05, 0.1) is 24.5 Å². The Labute approximate surface area is 256 Å². The number of allylic oxidation sites excluding steroid dienone is 1. The second-order valence-corrected chi connectivity index (χ2v) is 11.7. The van der Waals surface area contributed by atoms with Gasteiger partial charge >= 0.3 is 5.97 Å². The molecule has 3 fully saturated rings. The number of aliphatic hydroxyl groups is 1. The number of benzene rings is 1. The Morgan fingerprint density at radius 3 is 2.42 bits per heavy atom. The monoisotopic (exact) mass is 595 g/mol. The zero-order valence-corrected chi connectivity index (χ0v) is 25.9. The van der Waals surface area contributed by atoms with Crippen LogP contribution in [0.4, 0.5) is 11.4 Å². The number of nitrogens with zero attached hydrogens (tertiary/aromatic N) is 3. The van der Waals surface area contributed by atoms with Gasteiger partial charge in [-0.05, 0) is 76.6 Å². The molecule has 3 aliphatic heterocycles. The third-order valence-electron chi connectivity index (χ3n) is 9.28. The number of likely N-dealkylation sites (tertiary alicyclic amines) is 1. The molecule has 1 aromatic carbocycles. The quantitative estimate of drug-likeness (QED) is 0.152. The molecule has 5 atom stereocenters. The molecule has 1 aromatic rings. The Kier molecular flexibility index (Phi) is 11.4. The van der Waals surface area contributed by atoms with E-state index in [4.69, 9.17) is 9.47 Å². The van der Waals surface area contributed by atoms with E-state index >= 15 is 0 Å². The molecule has 0 saturated carbocycles. The van der Waals surface area contributed by atoms with Crippen LogP contribution in [-0.4, -0.2) is 84.9 Å². The summed E-state index contributed by atoms with van der Waals surface area (Å²) in [5, 5.41) is 9.19. The summed E-state index contributed by atoms with van der Waals surface area (Å²) in [5.41, 5.74) is 0.725. The van der Waals surface area contributed by atoms with Crippen molar-refractivity contribution in [2.45, 2.75) is 83.0 Å². The van der Waals surface area contributed by atoms with Crippen LogP contribution in [0.5, 0.6) is 0 Å². The maximum absolute atomic E-state index is 14.6. The number of aliphatic hydroxyl groups excluding tert-OH is 1. The number of ether oxygens (including phenoxy) is 2.